The van der Waals surface area contributed by atoms with E-state index in [1.165, 1.54) is 14.2 Å². The van der Waals surface area contributed by atoms with Crippen LogP contribution in [0, 0.1) is 0 Å². The zero-order chi connectivity index (χ0) is 11.9. The van der Waals surface area contributed by atoms with E-state index in [-0.39, 0.29) is 12.8 Å². The first kappa shape index (κ1) is 14.9. The molecule has 0 aliphatic heterocycles. The maximum absolute atomic E-state index is 11.0. The van der Waals surface area contributed by atoms with Gasteiger partial charge in [-0.1, -0.05) is 0 Å². The van der Waals surface area contributed by atoms with Crippen molar-refractivity contribution in [3.63, 3.8) is 0 Å². The molecule has 0 bridgehead atoms. The zero-order valence-corrected chi connectivity index (χ0v) is 10.7. The van der Waals surface area contributed by atoms with E-state index in [0.717, 1.165) is 0 Å². The van der Waals surface area contributed by atoms with Gasteiger partial charge in [-0.25, -0.2) is 0 Å². The number of aliphatic carboxylic acids is 1. The molecule has 0 unspecified atom stereocenters. The van der Waals surface area contributed by atoms with Crippen LogP contribution in [0.3, 0.4) is 0 Å². The second-order valence-corrected chi connectivity index (χ2v) is 8.20. The fourth-order valence-corrected chi connectivity index (χ4v) is 2.16. The molecule has 88 valence electrons. The van der Waals surface area contributed by atoms with Crippen molar-refractivity contribution < 1.29 is 27.9 Å². The summed E-state index contributed by atoms with van der Waals surface area (Å²) in [5.74, 6) is -1.72. The third-order valence-corrected chi connectivity index (χ3v) is 5.66. The summed E-state index contributed by atoms with van der Waals surface area (Å²) >= 11 is 5.52. The van der Waals surface area contributed by atoms with Crippen LogP contribution < -0.4 is 0 Å². The van der Waals surface area contributed by atoms with E-state index in [1.807, 2.05) is 0 Å². The van der Waals surface area contributed by atoms with Gasteiger partial charge in [0.05, 0.1) is 12.8 Å². The molecule has 0 aromatic rings. The highest BCUT2D eigenvalue weighted by Crippen LogP contribution is 2.60. The minimum atomic E-state index is -2.62. The lowest BCUT2D eigenvalue weighted by Gasteiger charge is -2.14. The van der Waals surface area contributed by atoms with E-state index in [2.05, 4.69) is 4.18 Å². The third kappa shape index (κ3) is 6.86. The molecule has 0 aromatic heterocycles. The molecule has 9 heteroatoms. The van der Waals surface area contributed by atoms with Gasteiger partial charge in [-0.3, -0.25) is 9.59 Å². The summed E-state index contributed by atoms with van der Waals surface area (Å²) in [6.45, 7) is 0. The Kier molecular flexibility index (Phi) is 7.12. The summed E-state index contributed by atoms with van der Waals surface area (Å²) in [6, 6.07) is 0. The normalized spacial score (nSPS) is 11.1. The van der Waals surface area contributed by atoms with Crippen LogP contribution in [0.4, 0.5) is 0 Å². The standard InChI is InChI=1S/C6H11O6PS2/c1-10-13(14,11-2)15-12-6(9)4-3-5(7)8/h3-4H2,1-2H3,(H,7,8). The van der Waals surface area contributed by atoms with Gasteiger partial charge in [0.2, 0.25) is 0 Å². The Morgan fingerprint density at radius 1 is 1.33 bits per heavy atom. The minimum Gasteiger partial charge on any atom is -0.481 e. The van der Waals surface area contributed by atoms with Gasteiger partial charge in [0, 0.05) is 14.2 Å². The molecule has 0 aliphatic carbocycles. The van der Waals surface area contributed by atoms with Crippen molar-refractivity contribution in [3.8, 4) is 0 Å². The summed E-state index contributed by atoms with van der Waals surface area (Å²) in [6.07, 6.45) is -0.479. The van der Waals surface area contributed by atoms with Gasteiger partial charge in [-0.15, -0.1) is 0 Å². The lowest BCUT2D eigenvalue weighted by Crippen LogP contribution is -2.03. The fraction of sp³-hybridized carbons (Fsp3) is 0.667. The second kappa shape index (κ2) is 7.19. The zero-order valence-electron chi connectivity index (χ0n) is 8.17. The van der Waals surface area contributed by atoms with Crippen molar-refractivity contribution in [1.82, 2.24) is 0 Å². The molecule has 0 radical (unpaired) electrons. The van der Waals surface area contributed by atoms with Gasteiger partial charge in [0.15, 0.2) is 11.7 Å². The van der Waals surface area contributed by atoms with Gasteiger partial charge < -0.3 is 18.3 Å². The van der Waals surface area contributed by atoms with Gasteiger partial charge >= 0.3 is 11.9 Å². The largest absolute Gasteiger partial charge is 0.481 e. The number of hydrogen-bond acceptors (Lipinski definition) is 7. The maximum atomic E-state index is 11.0. The number of carboxylic acids is 1. The van der Waals surface area contributed by atoms with Crippen LogP contribution in [0.2, 0.25) is 0 Å². The van der Waals surface area contributed by atoms with Crippen molar-refractivity contribution in [2.45, 2.75) is 12.8 Å². The van der Waals surface area contributed by atoms with Gasteiger partial charge in [-0.05, 0) is 11.8 Å². The minimum absolute atomic E-state index is 0.203. The van der Waals surface area contributed by atoms with Gasteiger partial charge in [0.25, 0.3) is 5.69 Å². The number of carbonyl (C=O) groups excluding carboxylic acids is 1. The molecule has 1 N–H and O–H groups in total. The topological polar surface area (TPSA) is 82.1 Å². The molecular formula is C6H11O6PS2. The first-order chi connectivity index (χ1) is 6.93. The Labute approximate surface area is 96.4 Å². The monoisotopic (exact) mass is 274 g/mol. The molecular weight excluding hydrogens is 263 g/mol. The van der Waals surface area contributed by atoms with Crippen molar-refractivity contribution in [1.29, 1.82) is 0 Å². The number of rotatable bonds is 7. The van der Waals surface area contributed by atoms with Crippen molar-refractivity contribution in [2.75, 3.05) is 14.2 Å². The molecule has 0 atom stereocenters. The lowest BCUT2D eigenvalue weighted by molar-refractivity contribution is -0.141. The first-order valence-electron chi connectivity index (χ1n) is 3.76. The predicted molar refractivity (Wildman–Crippen MR) is 58.9 cm³/mol. The highest BCUT2D eigenvalue weighted by atomic mass is 32.9. The van der Waals surface area contributed by atoms with E-state index in [0.29, 0.717) is 11.7 Å². The lowest BCUT2D eigenvalue weighted by atomic mass is 10.3. The highest BCUT2D eigenvalue weighted by molar-refractivity contribution is 8.66. The Bertz CT molecular complexity index is 273. The van der Waals surface area contributed by atoms with Crippen LogP contribution in [0.25, 0.3) is 0 Å². The van der Waals surface area contributed by atoms with Crippen LogP contribution in [0.15, 0.2) is 0 Å². The Morgan fingerprint density at radius 3 is 2.27 bits per heavy atom. The van der Waals surface area contributed by atoms with Crippen LogP contribution in [0.1, 0.15) is 12.8 Å². The molecule has 0 aliphatic rings. The molecule has 0 rings (SSSR count). The smallest absolute Gasteiger partial charge is 0.318 e. The molecule has 15 heavy (non-hydrogen) atoms. The molecule has 0 fully saturated rings. The second-order valence-electron chi connectivity index (χ2n) is 2.24. The van der Waals surface area contributed by atoms with E-state index < -0.39 is 17.6 Å². The molecule has 0 saturated heterocycles. The average Bonchev–Trinajstić information content (AvgIpc) is 2.23. The molecule has 0 heterocycles. The Hall–Kier alpha value is -0.140. The van der Waals surface area contributed by atoms with E-state index >= 15 is 0 Å². The summed E-state index contributed by atoms with van der Waals surface area (Å²) in [5.41, 5.74) is -2.62. The van der Waals surface area contributed by atoms with E-state index in [9.17, 15) is 9.59 Å². The van der Waals surface area contributed by atoms with E-state index in [1.54, 1.807) is 0 Å². The SMILES string of the molecule is COP(=S)(OC)SOC(=O)CCC(=O)O. The maximum Gasteiger partial charge on any atom is 0.318 e. The van der Waals surface area contributed by atoms with Crippen LogP contribution in [-0.2, 0) is 34.6 Å². The van der Waals surface area contributed by atoms with Crippen LogP contribution in [0.5, 0.6) is 0 Å². The molecule has 0 saturated carbocycles. The molecule has 0 spiro atoms. The van der Waals surface area contributed by atoms with Gasteiger partial charge in [0.1, 0.15) is 0 Å². The Balaban J connectivity index is 3.89. The number of hydrogen-bond donors (Lipinski definition) is 1. The van der Waals surface area contributed by atoms with Crippen molar-refractivity contribution >= 4 is 41.1 Å². The van der Waals surface area contributed by atoms with Gasteiger partial charge in [-0.2, -0.15) is 0 Å². The summed E-state index contributed by atoms with van der Waals surface area (Å²) in [7, 11) is 2.70. The first-order valence-corrected chi connectivity index (χ1v) is 7.74. The van der Waals surface area contributed by atoms with Crippen molar-refractivity contribution in [3.05, 3.63) is 0 Å². The number of carboxylic acid groups (broad SMARTS) is 1. The third-order valence-electron chi connectivity index (χ3n) is 1.21. The quantitative estimate of drug-likeness (QED) is 0.553. The molecule has 6 nitrogen and oxygen atoms in total. The number of carbonyl (C=O) groups is 2. The summed E-state index contributed by atoms with van der Waals surface area (Å²) < 4.78 is 14.3. The summed E-state index contributed by atoms with van der Waals surface area (Å²) in [5, 5.41) is 8.31. The summed E-state index contributed by atoms with van der Waals surface area (Å²) in [4.78, 5) is 21.1. The van der Waals surface area contributed by atoms with Crippen LogP contribution in [-0.4, -0.2) is 31.3 Å². The fourth-order valence-electron chi connectivity index (χ4n) is 0.473. The highest BCUT2D eigenvalue weighted by Gasteiger charge is 2.21. The van der Waals surface area contributed by atoms with E-state index in [4.69, 9.17) is 26.0 Å². The molecule has 0 aromatic carbocycles. The molecule has 0 amide bonds. The van der Waals surface area contributed by atoms with Crippen molar-refractivity contribution in [2.24, 2.45) is 0 Å². The van der Waals surface area contributed by atoms with Crippen LogP contribution >= 0.6 is 17.4 Å². The average molecular weight is 274 g/mol. The predicted octanol–water partition coefficient (Wildman–Crippen LogP) is 1.56. The Morgan fingerprint density at radius 2 is 1.87 bits per heavy atom.